The zero-order valence-electron chi connectivity index (χ0n) is 14.7. The standard InChI is InChI=1S/C21H26N2O2/c1-23(15-16-11-13-18(22)14-12-16)20(17-7-3-2-4-8-17)21(24)25-19-9-5-6-10-19/h2-4,7-8,11-14,19-20H,5-6,9-10,15,22H2,1H3/t20-/m0/s1. The molecule has 4 nitrogen and oxygen atoms in total. The third-order valence-electron chi connectivity index (χ3n) is 4.78. The second kappa shape index (κ2) is 8.17. The number of carbonyl (C=O) groups is 1. The topological polar surface area (TPSA) is 55.6 Å². The minimum absolute atomic E-state index is 0.0728. The zero-order valence-corrected chi connectivity index (χ0v) is 14.7. The normalized spacial score (nSPS) is 16.1. The van der Waals surface area contributed by atoms with Gasteiger partial charge in [-0.1, -0.05) is 42.5 Å². The predicted octanol–water partition coefficient (Wildman–Crippen LogP) is 3.93. The lowest BCUT2D eigenvalue weighted by atomic mass is 10.0. The SMILES string of the molecule is CN(Cc1ccc(N)cc1)[C@H](C(=O)OC1CCCC1)c1ccccc1. The highest BCUT2D eigenvalue weighted by molar-refractivity contribution is 5.77. The van der Waals surface area contributed by atoms with Gasteiger partial charge in [0.05, 0.1) is 0 Å². The van der Waals surface area contributed by atoms with Crippen molar-refractivity contribution in [1.82, 2.24) is 4.90 Å². The van der Waals surface area contributed by atoms with E-state index in [9.17, 15) is 4.79 Å². The fraction of sp³-hybridized carbons (Fsp3) is 0.381. The van der Waals surface area contributed by atoms with Crippen LogP contribution in [0.15, 0.2) is 54.6 Å². The van der Waals surface area contributed by atoms with Crippen LogP contribution < -0.4 is 5.73 Å². The number of nitrogens with two attached hydrogens (primary N) is 1. The van der Waals surface area contributed by atoms with Crippen LogP contribution in [-0.2, 0) is 16.1 Å². The van der Waals surface area contributed by atoms with Crippen molar-refractivity contribution in [2.75, 3.05) is 12.8 Å². The number of benzene rings is 2. The first-order valence-electron chi connectivity index (χ1n) is 8.93. The summed E-state index contributed by atoms with van der Waals surface area (Å²) in [4.78, 5) is 14.9. The lowest BCUT2D eigenvalue weighted by Gasteiger charge is -2.28. The van der Waals surface area contributed by atoms with Gasteiger partial charge in [-0.25, -0.2) is 4.79 Å². The molecule has 4 heteroatoms. The first kappa shape index (κ1) is 17.5. The number of likely N-dealkylation sites (N-methyl/N-ethyl adjacent to an activating group) is 1. The Morgan fingerprint density at radius 2 is 1.76 bits per heavy atom. The summed E-state index contributed by atoms with van der Waals surface area (Å²) in [6.07, 6.45) is 4.33. The summed E-state index contributed by atoms with van der Waals surface area (Å²) >= 11 is 0. The van der Waals surface area contributed by atoms with Crippen LogP contribution in [0.5, 0.6) is 0 Å². The zero-order chi connectivity index (χ0) is 17.6. The largest absolute Gasteiger partial charge is 0.461 e. The van der Waals surface area contributed by atoms with E-state index in [0.29, 0.717) is 6.54 Å². The van der Waals surface area contributed by atoms with Crippen LogP contribution in [-0.4, -0.2) is 24.0 Å². The molecule has 0 aromatic heterocycles. The monoisotopic (exact) mass is 338 g/mol. The molecule has 1 saturated carbocycles. The maximum atomic E-state index is 12.9. The average Bonchev–Trinajstić information content (AvgIpc) is 3.11. The number of esters is 1. The number of anilines is 1. The van der Waals surface area contributed by atoms with Crippen LogP contribution in [0.2, 0.25) is 0 Å². The number of rotatable bonds is 6. The van der Waals surface area contributed by atoms with E-state index < -0.39 is 6.04 Å². The summed E-state index contributed by atoms with van der Waals surface area (Å²) in [6.45, 7) is 0.652. The minimum atomic E-state index is -0.403. The van der Waals surface area contributed by atoms with Crippen LogP contribution in [0.3, 0.4) is 0 Å². The molecule has 1 aliphatic rings. The molecule has 0 aliphatic heterocycles. The Bertz CT molecular complexity index is 679. The van der Waals surface area contributed by atoms with Crippen LogP contribution in [0.4, 0.5) is 5.69 Å². The van der Waals surface area contributed by atoms with E-state index in [2.05, 4.69) is 0 Å². The fourth-order valence-corrected chi connectivity index (χ4v) is 3.44. The average molecular weight is 338 g/mol. The highest BCUT2D eigenvalue weighted by atomic mass is 16.5. The Morgan fingerprint density at radius 3 is 2.40 bits per heavy atom. The molecule has 0 radical (unpaired) electrons. The molecule has 2 N–H and O–H groups in total. The van der Waals surface area contributed by atoms with E-state index in [4.69, 9.17) is 10.5 Å². The molecule has 1 atom stereocenters. The molecule has 1 aliphatic carbocycles. The smallest absolute Gasteiger partial charge is 0.328 e. The second-order valence-electron chi connectivity index (χ2n) is 6.81. The summed E-state index contributed by atoms with van der Waals surface area (Å²) in [5.74, 6) is -0.156. The van der Waals surface area contributed by atoms with Gasteiger partial charge in [-0.05, 0) is 56.0 Å². The van der Waals surface area contributed by atoms with Gasteiger partial charge in [-0.3, -0.25) is 4.90 Å². The number of hydrogen-bond acceptors (Lipinski definition) is 4. The summed E-state index contributed by atoms with van der Waals surface area (Å²) in [5.41, 5.74) is 8.58. The van der Waals surface area contributed by atoms with Gasteiger partial charge in [-0.2, -0.15) is 0 Å². The van der Waals surface area contributed by atoms with Crippen molar-refractivity contribution >= 4 is 11.7 Å². The van der Waals surface area contributed by atoms with E-state index >= 15 is 0 Å². The maximum Gasteiger partial charge on any atom is 0.328 e. The second-order valence-corrected chi connectivity index (χ2v) is 6.81. The van der Waals surface area contributed by atoms with Crippen LogP contribution >= 0.6 is 0 Å². The highest BCUT2D eigenvalue weighted by Gasteiger charge is 2.29. The lowest BCUT2D eigenvalue weighted by Crippen LogP contribution is -2.33. The van der Waals surface area contributed by atoms with Gasteiger partial charge < -0.3 is 10.5 Å². The van der Waals surface area contributed by atoms with Gasteiger partial charge >= 0.3 is 5.97 Å². The van der Waals surface area contributed by atoms with E-state index in [1.54, 1.807) is 0 Å². The summed E-state index contributed by atoms with van der Waals surface area (Å²) in [7, 11) is 1.96. The van der Waals surface area contributed by atoms with Gasteiger partial charge in [-0.15, -0.1) is 0 Å². The van der Waals surface area contributed by atoms with E-state index in [0.717, 1.165) is 42.5 Å². The molecule has 0 bridgehead atoms. The molecule has 2 aromatic rings. The van der Waals surface area contributed by atoms with Crippen LogP contribution in [0.25, 0.3) is 0 Å². The predicted molar refractivity (Wildman–Crippen MR) is 99.9 cm³/mol. The molecule has 0 spiro atoms. The minimum Gasteiger partial charge on any atom is -0.461 e. The van der Waals surface area contributed by atoms with Gasteiger partial charge in [0, 0.05) is 12.2 Å². The van der Waals surface area contributed by atoms with Crippen molar-refractivity contribution in [1.29, 1.82) is 0 Å². The van der Waals surface area contributed by atoms with Crippen molar-refractivity contribution < 1.29 is 9.53 Å². The van der Waals surface area contributed by atoms with Gasteiger partial charge in [0.15, 0.2) is 0 Å². The van der Waals surface area contributed by atoms with Crippen molar-refractivity contribution in [3.8, 4) is 0 Å². The van der Waals surface area contributed by atoms with Crippen molar-refractivity contribution in [3.05, 3.63) is 65.7 Å². The van der Waals surface area contributed by atoms with Crippen molar-refractivity contribution in [3.63, 3.8) is 0 Å². The Kier molecular flexibility index (Phi) is 5.71. The van der Waals surface area contributed by atoms with E-state index in [-0.39, 0.29) is 12.1 Å². The molecular weight excluding hydrogens is 312 g/mol. The fourth-order valence-electron chi connectivity index (χ4n) is 3.44. The molecule has 0 saturated heterocycles. The number of nitrogens with zero attached hydrogens (tertiary/aromatic N) is 1. The maximum absolute atomic E-state index is 12.9. The number of ether oxygens (including phenoxy) is 1. The highest BCUT2D eigenvalue weighted by Crippen LogP contribution is 2.27. The molecule has 0 heterocycles. The quantitative estimate of drug-likeness (QED) is 0.640. The summed E-state index contributed by atoms with van der Waals surface area (Å²) in [5, 5.41) is 0. The molecule has 0 unspecified atom stereocenters. The molecule has 0 amide bonds. The number of carbonyl (C=O) groups excluding carboxylic acids is 1. The number of nitrogen functional groups attached to an aromatic ring is 1. The van der Waals surface area contributed by atoms with Crippen molar-refractivity contribution in [2.45, 2.75) is 44.4 Å². The first-order chi connectivity index (χ1) is 12.1. The molecule has 2 aromatic carbocycles. The van der Waals surface area contributed by atoms with Crippen LogP contribution in [0, 0.1) is 0 Å². The molecule has 132 valence electrons. The first-order valence-corrected chi connectivity index (χ1v) is 8.93. The van der Waals surface area contributed by atoms with Crippen molar-refractivity contribution in [2.24, 2.45) is 0 Å². The Labute approximate surface area is 149 Å². The van der Waals surface area contributed by atoms with E-state index in [1.165, 1.54) is 0 Å². The molecule has 1 fully saturated rings. The summed E-state index contributed by atoms with van der Waals surface area (Å²) in [6, 6.07) is 17.2. The Hall–Kier alpha value is -2.33. The molecule has 3 rings (SSSR count). The van der Waals surface area contributed by atoms with Gasteiger partial charge in [0.1, 0.15) is 12.1 Å². The summed E-state index contributed by atoms with van der Waals surface area (Å²) < 4.78 is 5.81. The third kappa shape index (κ3) is 4.60. The van der Waals surface area contributed by atoms with Crippen LogP contribution in [0.1, 0.15) is 42.9 Å². The molecule has 25 heavy (non-hydrogen) atoms. The van der Waals surface area contributed by atoms with Gasteiger partial charge in [0.2, 0.25) is 0 Å². The molecular formula is C21H26N2O2. The lowest BCUT2D eigenvalue weighted by molar-refractivity contribution is -0.155. The number of hydrogen-bond donors (Lipinski definition) is 1. The Morgan fingerprint density at radius 1 is 1.12 bits per heavy atom. The van der Waals surface area contributed by atoms with E-state index in [1.807, 2.05) is 66.5 Å². The third-order valence-corrected chi connectivity index (χ3v) is 4.78. The Balaban J connectivity index is 1.77. The van der Waals surface area contributed by atoms with Gasteiger partial charge in [0.25, 0.3) is 0 Å².